The summed E-state index contributed by atoms with van der Waals surface area (Å²) in [6.45, 7) is 3.12. The Balaban J connectivity index is 2.51. The minimum Gasteiger partial charge on any atom is -0.356 e. The summed E-state index contributed by atoms with van der Waals surface area (Å²) in [6, 6.07) is 1.93. The molecule has 0 unspecified atom stereocenters. The van der Waals surface area contributed by atoms with Crippen molar-refractivity contribution >= 4 is 33.3 Å². The Labute approximate surface area is 97.0 Å². The minimum atomic E-state index is 0.0595. The molecule has 0 N–H and O–H groups in total. The summed E-state index contributed by atoms with van der Waals surface area (Å²) < 4.78 is 0.891. The van der Waals surface area contributed by atoms with E-state index in [0.29, 0.717) is 0 Å². The zero-order valence-electron chi connectivity index (χ0n) is 8.70. The highest BCUT2D eigenvalue weighted by Gasteiger charge is 2.24. The Bertz CT molecular complexity index is 408. The molecule has 4 nitrogen and oxygen atoms in total. The number of carbonyl (C=O) groups excluding carboxylic acids is 1. The number of nitrogens with zero attached hydrogens (tertiary/aromatic N) is 3. The van der Waals surface area contributed by atoms with Crippen molar-refractivity contribution in [3.8, 4) is 0 Å². The van der Waals surface area contributed by atoms with Crippen molar-refractivity contribution in [3.05, 3.63) is 16.7 Å². The lowest BCUT2D eigenvalue weighted by Crippen LogP contribution is -2.42. The number of fused-ring (bicyclic) bond motifs is 1. The SMILES string of the molecule is CC(=O)N1CCN(C)c2ncc(Br)cc21. The van der Waals surface area contributed by atoms with Gasteiger partial charge in [-0.3, -0.25) is 4.79 Å². The monoisotopic (exact) mass is 269 g/mol. The van der Waals surface area contributed by atoms with E-state index in [1.54, 1.807) is 18.0 Å². The van der Waals surface area contributed by atoms with Crippen LogP contribution in [0.2, 0.25) is 0 Å². The van der Waals surface area contributed by atoms with Gasteiger partial charge in [0.05, 0.1) is 5.69 Å². The van der Waals surface area contributed by atoms with Gasteiger partial charge in [-0.25, -0.2) is 4.98 Å². The van der Waals surface area contributed by atoms with E-state index >= 15 is 0 Å². The standard InChI is InChI=1S/C10H12BrN3O/c1-7(15)14-4-3-13(2)10-9(14)5-8(11)6-12-10/h5-6H,3-4H2,1-2H3. The molecule has 2 rings (SSSR count). The predicted octanol–water partition coefficient (Wildman–Crippen LogP) is 1.65. The smallest absolute Gasteiger partial charge is 0.224 e. The lowest BCUT2D eigenvalue weighted by Gasteiger charge is -2.34. The highest BCUT2D eigenvalue weighted by Crippen LogP contribution is 2.32. The van der Waals surface area contributed by atoms with E-state index in [0.717, 1.165) is 29.1 Å². The molecule has 0 saturated carbocycles. The Morgan fingerprint density at radius 1 is 1.53 bits per heavy atom. The largest absolute Gasteiger partial charge is 0.356 e. The summed E-state index contributed by atoms with van der Waals surface area (Å²) in [5.41, 5.74) is 0.880. The topological polar surface area (TPSA) is 36.4 Å². The third-order valence-corrected chi connectivity index (χ3v) is 2.94. The molecule has 0 atom stereocenters. The first-order valence-electron chi connectivity index (χ1n) is 4.74. The number of aromatic nitrogens is 1. The number of halogens is 1. The van der Waals surface area contributed by atoms with Gasteiger partial charge in [0, 0.05) is 37.7 Å². The van der Waals surface area contributed by atoms with Crippen LogP contribution in [0.25, 0.3) is 0 Å². The van der Waals surface area contributed by atoms with Gasteiger partial charge >= 0.3 is 0 Å². The number of rotatable bonds is 0. The summed E-state index contributed by atoms with van der Waals surface area (Å²) in [5.74, 6) is 0.920. The summed E-state index contributed by atoms with van der Waals surface area (Å²) in [7, 11) is 1.98. The van der Waals surface area contributed by atoms with Crippen molar-refractivity contribution in [2.75, 3.05) is 29.9 Å². The summed E-state index contributed by atoms with van der Waals surface area (Å²) in [4.78, 5) is 19.6. The van der Waals surface area contributed by atoms with Gasteiger partial charge in [-0.05, 0) is 22.0 Å². The molecule has 1 amide bonds. The number of pyridine rings is 1. The molecule has 0 fully saturated rings. The third kappa shape index (κ3) is 1.84. The van der Waals surface area contributed by atoms with Gasteiger partial charge in [0.25, 0.3) is 0 Å². The normalized spacial score (nSPS) is 15.1. The minimum absolute atomic E-state index is 0.0595. The molecule has 1 aliphatic heterocycles. The van der Waals surface area contributed by atoms with Crippen LogP contribution in [0, 0.1) is 0 Å². The second-order valence-corrected chi connectivity index (χ2v) is 4.50. The van der Waals surface area contributed by atoms with Crippen LogP contribution in [0.4, 0.5) is 11.5 Å². The van der Waals surface area contributed by atoms with Crippen LogP contribution in [-0.2, 0) is 4.79 Å². The molecular weight excluding hydrogens is 258 g/mol. The van der Waals surface area contributed by atoms with Crippen LogP contribution < -0.4 is 9.80 Å². The summed E-state index contributed by atoms with van der Waals surface area (Å²) >= 11 is 3.37. The molecule has 0 aromatic carbocycles. The number of likely N-dealkylation sites (N-methyl/N-ethyl adjacent to an activating group) is 1. The molecule has 1 aliphatic rings. The highest BCUT2D eigenvalue weighted by atomic mass is 79.9. The molecule has 0 bridgehead atoms. The van der Waals surface area contributed by atoms with E-state index in [9.17, 15) is 4.79 Å². The van der Waals surface area contributed by atoms with Gasteiger partial charge in [0.15, 0.2) is 5.82 Å². The molecule has 0 saturated heterocycles. The average molecular weight is 270 g/mol. The molecule has 1 aromatic rings. The van der Waals surface area contributed by atoms with Crippen LogP contribution in [0.15, 0.2) is 16.7 Å². The fraction of sp³-hybridized carbons (Fsp3) is 0.400. The Morgan fingerprint density at radius 2 is 2.27 bits per heavy atom. The molecule has 15 heavy (non-hydrogen) atoms. The van der Waals surface area contributed by atoms with Crippen molar-refractivity contribution in [3.63, 3.8) is 0 Å². The van der Waals surface area contributed by atoms with Crippen LogP contribution in [0.3, 0.4) is 0 Å². The van der Waals surface area contributed by atoms with Crippen molar-refractivity contribution in [2.45, 2.75) is 6.92 Å². The maximum atomic E-state index is 11.4. The molecule has 0 aliphatic carbocycles. The molecule has 2 heterocycles. The zero-order chi connectivity index (χ0) is 11.0. The fourth-order valence-corrected chi connectivity index (χ4v) is 2.04. The van der Waals surface area contributed by atoms with Crippen LogP contribution in [0.1, 0.15) is 6.92 Å². The first kappa shape index (κ1) is 10.4. The zero-order valence-corrected chi connectivity index (χ0v) is 10.3. The van der Waals surface area contributed by atoms with E-state index in [4.69, 9.17) is 0 Å². The lowest BCUT2D eigenvalue weighted by atomic mass is 10.2. The van der Waals surface area contributed by atoms with Gasteiger partial charge < -0.3 is 9.80 Å². The maximum absolute atomic E-state index is 11.4. The van der Waals surface area contributed by atoms with Crippen LogP contribution in [0.5, 0.6) is 0 Å². The predicted molar refractivity (Wildman–Crippen MR) is 63.2 cm³/mol. The number of hydrogen-bond acceptors (Lipinski definition) is 3. The van der Waals surface area contributed by atoms with Gasteiger partial charge in [0.2, 0.25) is 5.91 Å². The lowest BCUT2D eigenvalue weighted by molar-refractivity contribution is -0.116. The molecule has 80 valence electrons. The number of hydrogen-bond donors (Lipinski definition) is 0. The summed E-state index contributed by atoms with van der Waals surface area (Å²) in [6.07, 6.45) is 1.75. The maximum Gasteiger partial charge on any atom is 0.224 e. The number of anilines is 2. The van der Waals surface area contributed by atoms with E-state index in [1.807, 2.05) is 13.1 Å². The first-order chi connectivity index (χ1) is 7.09. The summed E-state index contributed by atoms with van der Waals surface area (Å²) in [5, 5.41) is 0. The molecule has 0 spiro atoms. The van der Waals surface area contributed by atoms with Crippen LogP contribution >= 0.6 is 15.9 Å². The van der Waals surface area contributed by atoms with Crippen molar-refractivity contribution in [1.82, 2.24) is 4.98 Å². The second kappa shape index (κ2) is 3.81. The molecular formula is C10H12BrN3O. The van der Waals surface area contributed by atoms with E-state index in [-0.39, 0.29) is 5.91 Å². The number of carbonyl (C=O) groups is 1. The Hall–Kier alpha value is -1.10. The Kier molecular flexibility index (Phi) is 2.65. The van der Waals surface area contributed by atoms with Gasteiger partial charge in [-0.1, -0.05) is 0 Å². The van der Waals surface area contributed by atoms with E-state index < -0.39 is 0 Å². The van der Waals surface area contributed by atoms with E-state index in [1.165, 1.54) is 0 Å². The number of amides is 1. The van der Waals surface area contributed by atoms with Crippen molar-refractivity contribution in [2.24, 2.45) is 0 Å². The van der Waals surface area contributed by atoms with Crippen molar-refractivity contribution < 1.29 is 4.79 Å². The van der Waals surface area contributed by atoms with Gasteiger partial charge in [-0.15, -0.1) is 0 Å². The fourth-order valence-electron chi connectivity index (χ4n) is 1.72. The highest BCUT2D eigenvalue weighted by molar-refractivity contribution is 9.10. The van der Waals surface area contributed by atoms with Gasteiger partial charge in [-0.2, -0.15) is 0 Å². The second-order valence-electron chi connectivity index (χ2n) is 3.59. The first-order valence-corrected chi connectivity index (χ1v) is 5.53. The quantitative estimate of drug-likeness (QED) is 0.719. The van der Waals surface area contributed by atoms with Crippen LogP contribution in [-0.4, -0.2) is 31.0 Å². The Morgan fingerprint density at radius 3 is 2.93 bits per heavy atom. The van der Waals surface area contributed by atoms with Crippen molar-refractivity contribution in [1.29, 1.82) is 0 Å². The molecule has 5 heteroatoms. The van der Waals surface area contributed by atoms with E-state index in [2.05, 4.69) is 25.8 Å². The average Bonchev–Trinajstić information content (AvgIpc) is 2.17. The third-order valence-electron chi connectivity index (χ3n) is 2.51. The molecule has 0 radical (unpaired) electrons. The van der Waals surface area contributed by atoms with Gasteiger partial charge in [0.1, 0.15) is 0 Å². The molecule has 1 aromatic heterocycles.